The second-order valence-corrected chi connectivity index (χ2v) is 10.7. The highest BCUT2D eigenvalue weighted by atomic mass is 127. The first-order valence-corrected chi connectivity index (χ1v) is 13.4. The number of likely N-dealkylation sites (N-methyl/N-ethyl adjacent to an activating group) is 1. The van der Waals surface area contributed by atoms with Gasteiger partial charge in [0, 0.05) is 16.7 Å². The van der Waals surface area contributed by atoms with E-state index in [4.69, 9.17) is 0 Å². The summed E-state index contributed by atoms with van der Waals surface area (Å²) in [7, 11) is -3.72. The number of benzene rings is 2. The van der Waals surface area contributed by atoms with Gasteiger partial charge in [0.1, 0.15) is 12.6 Å². The van der Waals surface area contributed by atoms with Crippen molar-refractivity contribution < 1.29 is 18.0 Å². The van der Waals surface area contributed by atoms with Crippen LogP contribution in [0.3, 0.4) is 0 Å². The van der Waals surface area contributed by atoms with E-state index < -0.39 is 22.0 Å². The molecule has 0 saturated carbocycles. The minimum absolute atomic E-state index is 0.209. The molecule has 0 saturated heterocycles. The molecule has 9 heteroatoms. The summed E-state index contributed by atoms with van der Waals surface area (Å²) in [5, 5.41) is 2.79. The van der Waals surface area contributed by atoms with Gasteiger partial charge in [-0.05, 0) is 72.7 Å². The highest BCUT2D eigenvalue weighted by Crippen LogP contribution is 2.21. The molecular weight excluding hydrogens is 541 g/mol. The highest BCUT2D eigenvalue weighted by molar-refractivity contribution is 14.1. The van der Waals surface area contributed by atoms with Gasteiger partial charge in [-0.25, -0.2) is 8.42 Å². The lowest BCUT2D eigenvalue weighted by Gasteiger charge is -2.32. The molecule has 0 heterocycles. The van der Waals surface area contributed by atoms with Gasteiger partial charge in [0.15, 0.2) is 0 Å². The maximum Gasteiger partial charge on any atom is 0.244 e. The lowest BCUT2D eigenvalue weighted by Crippen LogP contribution is -2.52. The number of amides is 2. The van der Waals surface area contributed by atoms with Gasteiger partial charge in [0.25, 0.3) is 0 Å². The predicted molar refractivity (Wildman–Crippen MR) is 136 cm³/mol. The summed E-state index contributed by atoms with van der Waals surface area (Å²) >= 11 is 2.13. The van der Waals surface area contributed by atoms with Crippen LogP contribution in [0.5, 0.6) is 0 Å². The lowest BCUT2D eigenvalue weighted by molar-refractivity contribution is -0.140. The number of carbonyl (C=O) groups excluding carboxylic acids is 2. The number of nitrogens with zero attached hydrogens (tertiary/aromatic N) is 2. The van der Waals surface area contributed by atoms with Gasteiger partial charge in [-0.2, -0.15) is 0 Å². The normalized spacial score (nSPS) is 12.2. The van der Waals surface area contributed by atoms with E-state index in [0.717, 1.165) is 25.3 Å². The maximum atomic E-state index is 13.5. The van der Waals surface area contributed by atoms with Crippen molar-refractivity contribution in [1.29, 1.82) is 0 Å². The maximum absolute atomic E-state index is 13.5. The molecule has 1 atom stereocenters. The molecular formula is C23H30IN3O4S. The number of halogens is 1. The third-order valence-electron chi connectivity index (χ3n) is 4.97. The Morgan fingerprint density at radius 3 is 2.28 bits per heavy atom. The van der Waals surface area contributed by atoms with Crippen LogP contribution in [0.4, 0.5) is 5.69 Å². The van der Waals surface area contributed by atoms with Crippen molar-refractivity contribution in [3.63, 3.8) is 0 Å². The smallest absolute Gasteiger partial charge is 0.244 e. The van der Waals surface area contributed by atoms with Gasteiger partial charge in [-0.15, -0.1) is 0 Å². The Morgan fingerprint density at radius 1 is 1.09 bits per heavy atom. The molecule has 2 aromatic carbocycles. The van der Waals surface area contributed by atoms with Crippen LogP contribution in [0, 0.1) is 10.5 Å². The van der Waals surface area contributed by atoms with Crippen LogP contribution in [0.1, 0.15) is 31.4 Å². The van der Waals surface area contributed by atoms with Crippen molar-refractivity contribution in [1.82, 2.24) is 10.2 Å². The van der Waals surface area contributed by atoms with Crippen molar-refractivity contribution in [2.45, 2.75) is 39.8 Å². The highest BCUT2D eigenvalue weighted by Gasteiger charge is 2.31. The predicted octanol–water partition coefficient (Wildman–Crippen LogP) is 3.31. The topological polar surface area (TPSA) is 86.8 Å². The first kappa shape index (κ1) is 26.1. The summed E-state index contributed by atoms with van der Waals surface area (Å²) in [5.74, 6) is -0.690. The Morgan fingerprint density at radius 2 is 1.75 bits per heavy atom. The fraction of sp³-hybridized carbons (Fsp3) is 0.391. The first-order valence-electron chi connectivity index (χ1n) is 10.4. The minimum atomic E-state index is -3.72. The molecule has 0 bridgehead atoms. The number of aryl methyl sites for hydroxylation is 1. The van der Waals surface area contributed by atoms with Crippen molar-refractivity contribution in [2.75, 3.05) is 23.7 Å². The molecule has 1 N–H and O–H groups in total. The minimum Gasteiger partial charge on any atom is -0.355 e. The Balaban J connectivity index is 2.42. The van der Waals surface area contributed by atoms with E-state index in [9.17, 15) is 18.0 Å². The monoisotopic (exact) mass is 571 g/mol. The average Bonchev–Trinajstić information content (AvgIpc) is 2.72. The van der Waals surface area contributed by atoms with E-state index in [1.54, 1.807) is 24.3 Å². The molecule has 0 aromatic heterocycles. The SMILES string of the molecule is CCNC(=O)C(CC)N(Cc1cccc(C)c1)C(=O)CN(c1ccc(I)cc1)S(C)(=O)=O. The molecule has 0 fully saturated rings. The van der Waals surface area contributed by atoms with E-state index in [-0.39, 0.29) is 19.0 Å². The van der Waals surface area contributed by atoms with Gasteiger partial charge in [0.2, 0.25) is 21.8 Å². The third-order valence-corrected chi connectivity index (χ3v) is 6.83. The number of hydrogen-bond acceptors (Lipinski definition) is 4. The summed E-state index contributed by atoms with van der Waals surface area (Å²) < 4.78 is 27.1. The van der Waals surface area contributed by atoms with Crippen LogP contribution in [0.2, 0.25) is 0 Å². The van der Waals surface area contributed by atoms with Crippen molar-refractivity contribution in [3.05, 3.63) is 63.2 Å². The fourth-order valence-electron chi connectivity index (χ4n) is 3.44. The molecule has 2 aromatic rings. The second-order valence-electron chi connectivity index (χ2n) is 7.58. The van der Waals surface area contributed by atoms with Crippen LogP contribution in [0.25, 0.3) is 0 Å². The summed E-state index contributed by atoms with van der Waals surface area (Å²) in [4.78, 5) is 27.7. The quantitative estimate of drug-likeness (QED) is 0.444. The van der Waals surface area contributed by atoms with Crippen LogP contribution in [0.15, 0.2) is 48.5 Å². The summed E-state index contributed by atoms with van der Waals surface area (Å²) in [6, 6.07) is 13.9. The zero-order valence-electron chi connectivity index (χ0n) is 18.8. The Bertz CT molecular complexity index is 1040. The van der Waals surface area contributed by atoms with Crippen LogP contribution < -0.4 is 9.62 Å². The molecule has 0 aliphatic heterocycles. The Labute approximate surface area is 204 Å². The Hall–Kier alpha value is -2.14. The molecule has 2 rings (SSSR count). The molecule has 0 aliphatic carbocycles. The zero-order chi connectivity index (χ0) is 23.9. The molecule has 174 valence electrons. The molecule has 0 aliphatic rings. The molecule has 0 radical (unpaired) electrons. The lowest BCUT2D eigenvalue weighted by atomic mass is 10.1. The number of carbonyl (C=O) groups is 2. The fourth-order valence-corrected chi connectivity index (χ4v) is 4.65. The molecule has 0 spiro atoms. The van der Waals surface area contributed by atoms with E-state index in [0.29, 0.717) is 18.7 Å². The van der Waals surface area contributed by atoms with Crippen LogP contribution in [-0.4, -0.2) is 50.5 Å². The summed E-state index contributed by atoms with van der Waals surface area (Å²) in [6.45, 7) is 5.88. The van der Waals surface area contributed by atoms with Crippen molar-refractivity contribution >= 4 is 50.1 Å². The summed E-state index contributed by atoms with van der Waals surface area (Å²) in [6.07, 6.45) is 1.48. The van der Waals surface area contributed by atoms with Gasteiger partial charge in [-0.1, -0.05) is 36.8 Å². The standard InChI is InChI=1S/C23H30IN3O4S/c1-5-21(23(29)25-6-2)26(15-18-9-7-8-17(3)14-18)22(28)16-27(32(4,30)31)20-12-10-19(24)11-13-20/h7-14,21H,5-6,15-16H2,1-4H3,(H,25,29). The first-order chi connectivity index (χ1) is 15.1. The van der Waals surface area contributed by atoms with Gasteiger partial charge in [0.05, 0.1) is 11.9 Å². The van der Waals surface area contributed by atoms with E-state index in [1.807, 2.05) is 45.0 Å². The third kappa shape index (κ3) is 7.19. The summed E-state index contributed by atoms with van der Waals surface area (Å²) in [5.41, 5.74) is 2.32. The van der Waals surface area contributed by atoms with Crippen LogP contribution >= 0.6 is 22.6 Å². The molecule has 32 heavy (non-hydrogen) atoms. The number of sulfonamides is 1. The van der Waals surface area contributed by atoms with Crippen molar-refractivity contribution in [2.24, 2.45) is 0 Å². The van der Waals surface area contributed by atoms with Crippen molar-refractivity contribution in [3.8, 4) is 0 Å². The molecule has 2 amide bonds. The van der Waals surface area contributed by atoms with Crippen LogP contribution in [-0.2, 0) is 26.2 Å². The number of nitrogens with one attached hydrogen (secondary N) is 1. The van der Waals surface area contributed by atoms with E-state index in [2.05, 4.69) is 27.9 Å². The number of hydrogen-bond donors (Lipinski definition) is 1. The largest absolute Gasteiger partial charge is 0.355 e. The number of rotatable bonds is 10. The zero-order valence-corrected chi connectivity index (χ0v) is 21.8. The second kappa shape index (κ2) is 11.6. The Kier molecular flexibility index (Phi) is 9.50. The van der Waals surface area contributed by atoms with E-state index in [1.165, 1.54) is 4.90 Å². The molecule has 7 nitrogen and oxygen atoms in total. The van der Waals surface area contributed by atoms with Gasteiger partial charge < -0.3 is 10.2 Å². The van der Waals surface area contributed by atoms with Gasteiger partial charge in [-0.3, -0.25) is 13.9 Å². The average molecular weight is 571 g/mol. The van der Waals surface area contributed by atoms with Gasteiger partial charge >= 0.3 is 0 Å². The number of anilines is 1. The molecule has 1 unspecified atom stereocenters. The van der Waals surface area contributed by atoms with E-state index >= 15 is 0 Å².